The van der Waals surface area contributed by atoms with Gasteiger partial charge in [-0.1, -0.05) is 6.92 Å². The van der Waals surface area contributed by atoms with Crippen molar-refractivity contribution in [3.05, 3.63) is 0 Å². The summed E-state index contributed by atoms with van der Waals surface area (Å²) in [6, 6.07) is 0. The first kappa shape index (κ1) is 8.52. The first-order chi connectivity index (χ1) is 4.41. The van der Waals surface area contributed by atoms with Crippen LogP contribution in [0.2, 0.25) is 0 Å². The molecule has 0 aromatic heterocycles. The Hall–Kier alpha value is -0.480. The second-order valence-electron chi connectivity index (χ2n) is 1.95. The standard InChI is InChI=1S/C8H15N/c1-2-3-4-5-6-7-8-9/h2,5-9H2,1H3. The molecule has 0 aliphatic carbocycles. The van der Waals surface area contributed by atoms with Gasteiger partial charge in [-0.3, -0.25) is 0 Å². The lowest BCUT2D eigenvalue weighted by Gasteiger charge is -1.87. The molecule has 0 spiro atoms. The minimum absolute atomic E-state index is 0.799. The van der Waals surface area contributed by atoms with Crippen molar-refractivity contribution in [2.24, 2.45) is 5.73 Å². The van der Waals surface area contributed by atoms with Gasteiger partial charge in [0.05, 0.1) is 0 Å². The maximum absolute atomic E-state index is 5.30. The third kappa shape index (κ3) is 7.52. The van der Waals surface area contributed by atoms with Gasteiger partial charge in [-0.15, -0.1) is 11.8 Å². The van der Waals surface area contributed by atoms with E-state index < -0.39 is 0 Å². The number of hydrogen-bond acceptors (Lipinski definition) is 1. The highest BCUT2D eigenvalue weighted by Gasteiger charge is 1.79. The second kappa shape index (κ2) is 7.52. The molecule has 0 aliphatic rings. The summed E-state index contributed by atoms with van der Waals surface area (Å²) in [6.07, 6.45) is 4.26. The van der Waals surface area contributed by atoms with Crippen LogP contribution in [0.3, 0.4) is 0 Å². The molecule has 1 heteroatoms. The van der Waals surface area contributed by atoms with Crippen molar-refractivity contribution in [2.45, 2.75) is 32.6 Å². The minimum Gasteiger partial charge on any atom is -0.330 e. The van der Waals surface area contributed by atoms with Crippen LogP contribution in [0.15, 0.2) is 0 Å². The average molecular weight is 125 g/mol. The summed E-state index contributed by atoms with van der Waals surface area (Å²) in [4.78, 5) is 0. The molecule has 0 rings (SSSR count). The normalized spacial score (nSPS) is 8.22. The number of unbranched alkanes of at least 4 members (excludes halogenated alkanes) is 2. The van der Waals surface area contributed by atoms with Crippen molar-refractivity contribution in [1.29, 1.82) is 0 Å². The summed E-state index contributed by atoms with van der Waals surface area (Å²) in [5.74, 6) is 6.08. The minimum atomic E-state index is 0.799. The van der Waals surface area contributed by atoms with Gasteiger partial charge in [0.1, 0.15) is 0 Å². The first-order valence-corrected chi connectivity index (χ1v) is 3.57. The number of nitrogens with two attached hydrogens (primary N) is 1. The molecule has 0 heterocycles. The highest BCUT2D eigenvalue weighted by molar-refractivity contribution is 4.97. The third-order valence-electron chi connectivity index (χ3n) is 1.06. The SMILES string of the molecule is CCC#CCCCCN. The van der Waals surface area contributed by atoms with Gasteiger partial charge in [-0.25, -0.2) is 0 Å². The topological polar surface area (TPSA) is 26.0 Å². The van der Waals surface area contributed by atoms with Crippen molar-refractivity contribution in [3.63, 3.8) is 0 Å². The molecule has 2 N–H and O–H groups in total. The van der Waals surface area contributed by atoms with Crippen LogP contribution in [0.25, 0.3) is 0 Å². The Kier molecular flexibility index (Phi) is 7.12. The van der Waals surface area contributed by atoms with Gasteiger partial charge in [-0.05, 0) is 19.4 Å². The fourth-order valence-electron chi connectivity index (χ4n) is 0.571. The van der Waals surface area contributed by atoms with Crippen molar-refractivity contribution in [2.75, 3.05) is 6.54 Å². The molecule has 1 nitrogen and oxygen atoms in total. The summed E-state index contributed by atoms with van der Waals surface area (Å²) in [5.41, 5.74) is 5.30. The molecule has 0 aromatic rings. The van der Waals surface area contributed by atoms with E-state index in [1.165, 1.54) is 0 Å². The smallest absolute Gasteiger partial charge is 0.00891 e. The largest absolute Gasteiger partial charge is 0.330 e. The molecule has 0 atom stereocenters. The fourth-order valence-corrected chi connectivity index (χ4v) is 0.571. The van der Waals surface area contributed by atoms with Crippen molar-refractivity contribution in [1.82, 2.24) is 0 Å². The average Bonchev–Trinajstić information content (AvgIpc) is 1.89. The van der Waals surface area contributed by atoms with E-state index in [4.69, 9.17) is 5.73 Å². The van der Waals surface area contributed by atoms with Crippen LogP contribution >= 0.6 is 0 Å². The molecule has 0 saturated heterocycles. The molecular formula is C8H15N. The summed E-state index contributed by atoms with van der Waals surface area (Å²) >= 11 is 0. The molecule has 0 radical (unpaired) electrons. The van der Waals surface area contributed by atoms with Gasteiger partial charge in [0.25, 0.3) is 0 Å². The lowest BCUT2D eigenvalue weighted by molar-refractivity contribution is 0.767. The lowest BCUT2D eigenvalue weighted by Crippen LogP contribution is -1.96. The van der Waals surface area contributed by atoms with Gasteiger partial charge in [0.2, 0.25) is 0 Å². The Labute approximate surface area is 57.6 Å². The maximum Gasteiger partial charge on any atom is 0.00891 e. The molecule has 0 aromatic carbocycles. The van der Waals surface area contributed by atoms with E-state index in [9.17, 15) is 0 Å². The van der Waals surface area contributed by atoms with Crippen LogP contribution in [-0.4, -0.2) is 6.54 Å². The van der Waals surface area contributed by atoms with E-state index in [1.54, 1.807) is 0 Å². The summed E-state index contributed by atoms with van der Waals surface area (Å²) in [7, 11) is 0. The Morgan fingerprint density at radius 1 is 1.22 bits per heavy atom. The molecule has 0 bridgehead atoms. The number of rotatable bonds is 3. The number of hydrogen-bond donors (Lipinski definition) is 1. The maximum atomic E-state index is 5.30. The predicted molar refractivity (Wildman–Crippen MR) is 41.0 cm³/mol. The molecule has 0 amide bonds. The van der Waals surface area contributed by atoms with E-state index in [1.807, 2.05) is 0 Å². The van der Waals surface area contributed by atoms with E-state index in [0.717, 1.165) is 32.2 Å². The van der Waals surface area contributed by atoms with E-state index in [2.05, 4.69) is 18.8 Å². The van der Waals surface area contributed by atoms with Crippen LogP contribution in [0.4, 0.5) is 0 Å². The molecular weight excluding hydrogens is 110 g/mol. The highest BCUT2D eigenvalue weighted by atomic mass is 14.5. The van der Waals surface area contributed by atoms with Gasteiger partial charge in [-0.2, -0.15) is 0 Å². The van der Waals surface area contributed by atoms with Crippen LogP contribution < -0.4 is 5.73 Å². The van der Waals surface area contributed by atoms with Gasteiger partial charge >= 0.3 is 0 Å². The molecule has 52 valence electrons. The quantitative estimate of drug-likeness (QED) is 0.449. The molecule has 0 fully saturated rings. The van der Waals surface area contributed by atoms with Crippen LogP contribution in [-0.2, 0) is 0 Å². The zero-order chi connectivity index (χ0) is 6.95. The lowest BCUT2D eigenvalue weighted by atomic mass is 10.2. The second-order valence-corrected chi connectivity index (χ2v) is 1.95. The molecule has 9 heavy (non-hydrogen) atoms. The van der Waals surface area contributed by atoms with Gasteiger partial charge in [0, 0.05) is 12.8 Å². The summed E-state index contributed by atoms with van der Waals surface area (Å²) < 4.78 is 0. The molecule has 0 saturated carbocycles. The van der Waals surface area contributed by atoms with E-state index in [0.29, 0.717) is 0 Å². The Morgan fingerprint density at radius 3 is 2.56 bits per heavy atom. The van der Waals surface area contributed by atoms with Crippen LogP contribution in [0, 0.1) is 11.8 Å². The Balaban J connectivity index is 2.90. The monoisotopic (exact) mass is 125 g/mol. The molecule has 0 unspecified atom stereocenters. The fraction of sp³-hybridized carbons (Fsp3) is 0.750. The van der Waals surface area contributed by atoms with Crippen molar-refractivity contribution in [3.8, 4) is 11.8 Å². The zero-order valence-electron chi connectivity index (χ0n) is 6.11. The van der Waals surface area contributed by atoms with Crippen molar-refractivity contribution < 1.29 is 0 Å². The Morgan fingerprint density at radius 2 is 2.00 bits per heavy atom. The van der Waals surface area contributed by atoms with Crippen molar-refractivity contribution >= 4 is 0 Å². The van der Waals surface area contributed by atoms with Crippen LogP contribution in [0.1, 0.15) is 32.6 Å². The third-order valence-corrected chi connectivity index (χ3v) is 1.06. The van der Waals surface area contributed by atoms with E-state index >= 15 is 0 Å². The summed E-state index contributed by atoms with van der Waals surface area (Å²) in [6.45, 7) is 2.86. The highest BCUT2D eigenvalue weighted by Crippen LogP contribution is 1.90. The zero-order valence-corrected chi connectivity index (χ0v) is 6.11. The summed E-state index contributed by atoms with van der Waals surface area (Å²) in [5, 5.41) is 0. The molecule has 0 aliphatic heterocycles. The predicted octanol–water partition coefficient (Wildman–Crippen LogP) is 1.53. The Bertz CT molecular complexity index is 96.9. The first-order valence-electron chi connectivity index (χ1n) is 3.57. The van der Waals surface area contributed by atoms with Crippen LogP contribution in [0.5, 0.6) is 0 Å². The van der Waals surface area contributed by atoms with Gasteiger partial charge in [0.15, 0.2) is 0 Å². The van der Waals surface area contributed by atoms with E-state index in [-0.39, 0.29) is 0 Å². The van der Waals surface area contributed by atoms with Gasteiger partial charge < -0.3 is 5.73 Å².